The van der Waals surface area contributed by atoms with Crippen LogP contribution in [0.4, 0.5) is 11.4 Å². The molecule has 0 saturated carbocycles. The van der Waals surface area contributed by atoms with Gasteiger partial charge in [0.05, 0.1) is 29.3 Å². The number of ether oxygens (including phenoxy) is 2. The van der Waals surface area contributed by atoms with Gasteiger partial charge in [0.2, 0.25) is 5.91 Å². The predicted molar refractivity (Wildman–Crippen MR) is 121 cm³/mol. The van der Waals surface area contributed by atoms with Crippen LogP contribution in [0.15, 0.2) is 42.5 Å². The molecule has 0 fully saturated rings. The molecular formula is C22H22Cl2N2O6. The van der Waals surface area contributed by atoms with Gasteiger partial charge in [-0.1, -0.05) is 30.1 Å². The maximum absolute atomic E-state index is 12.0. The Kier molecular flexibility index (Phi) is 9.97. The van der Waals surface area contributed by atoms with Gasteiger partial charge in [0.25, 0.3) is 5.91 Å². The van der Waals surface area contributed by atoms with Crippen LogP contribution in [0.5, 0.6) is 0 Å². The van der Waals surface area contributed by atoms with Crippen molar-refractivity contribution in [1.29, 1.82) is 0 Å². The van der Waals surface area contributed by atoms with Gasteiger partial charge in [0.1, 0.15) is 0 Å². The second-order valence-corrected chi connectivity index (χ2v) is 7.44. The quantitative estimate of drug-likeness (QED) is 0.485. The highest BCUT2D eigenvalue weighted by Crippen LogP contribution is 2.25. The Balaban J connectivity index is 1.71. The molecule has 0 aromatic heterocycles. The Morgan fingerprint density at radius 1 is 0.875 bits per heavy atom. The zero-order chi connectivity index (χ0) is 23.5. The van der Waals surface area contributed by atoms with Crippen molar-refractivity contribution in [2.24, 2.45) is 0 Å². The number of anilines is 2. The molecule has 0 unspecified atom stereocenters. The topological polar surface area (TPSA) is 111 Å². The van der Waals surface area contributed by atoms with Crippen molar-refractivity contribution in [2.75, 3.05) is 23.8 Å². The highest BCUT2D eigenvalue weighted by Gasteiger charge is 2.13. The molecule has 0 radical (unpaired) electrons. The Hall–Kier alpha value is -3.10. The van der Waals surface area contributed by atoms with Crippen LogP contribution in [0.2, 0.25) is 10.0 Å². The third-order valence-corrected chi connectivity index (χ3v) is 4.53. The number of amides is 2. The van der Waals surface area contributed by atoms with Crippen LogP contribution >= 0.6 is 23.2 Å². The summed E-state index contributed by atoms with van der Waals surface area (Å²) >= 11 is 11.8. The molecule has 2 N–H and O–H groups in total. The molecule has 32 heavy (non-hydrogen) atoms. The van der Waals surface area contributed by atoms with E-state index in [2.05, 4.69) is 10.6 Å². The van der Waals surface area contributed by atoms with E-state index in [1.54, 1.807) is 6.07 Å². The Morgan fingerprint density at radius 3 is 2.28 bits per heavy atom. The predicted octanol–water partition coefficient (Wildman–Crippen LogP) is 4.46. The molecule has 170 valence electrons. The third kappa shape index (κ3) is 8.56. The first-order chi connectivity index (χ1) is 15.3. The molecule has 8 nitrogen and oxygen atoms in total. The standard InChI is InChI=1S/C22H22Cl2N2O6/c1-2-11-31-22(30)14-3-6-16(7-4-14)25-20(28)13-32-21(29)10-9-19(27)26-18-12-15(23)5-8-17(18)24/h3-8,12H,2,9-11,13H2,1H3,(H,25,28)(H,26,27). The fourth-order valence-corrected chi connectivity index (χ4v) is 2.74. The summed E-state index contributed by atoms with van der Waals surface area (Å²) in [5.74, 6) is -2.16. The Morgan fingerprint density at radius 2 is 1.59 bits per heavy atom. The summed E-state index contributed by atoms with van der Waals surface area (Å²) in [5, 5.41) is 5.81. The van der Waals surface area contributed by atoms with E-state index in [1.165, 1.54) is 36.4 Å². The highest BCUT2D eigenvalue weighted by atomic mass is 35.5. The molecule has 0 saturated heterocycles. The third-order valence-electron chi connectivity index (χ3n) is 3.96. The molecule has 0 atom stereocenters. The fraction of sp³-hybridized carbons (Fsp3) is 0.273. The molecule has 0 spiro atoms. The fourth-order valence-electron chi connectivity index (χ4n) is 2.40. The monoisotopic (exact) mass is 480 g/mol. The number of carbonyl (C=O) groups is 4. The number of carbonyl (C=O) groups excluding carboxylic acids is 4. The number of halogens is 2. The molecule has 0 aliphatic rings. The second-order valence-electron chi connectivity index (χ2n) is 6.59. The minimum Gasteiger partial charge on any atom is -0.462 e. The lowest BCUT2D eigenvalue weighted by Gasteiger charge is -2.09. The molecule has 0 aliphatic carbocycles. The largest absolute Gasteiger partial charge is 0.462 e. The summed E-state index contributed by atoms with van der Waals surface area (Å²) in [6.07, 6.45) is 0.351. The molecule has 2 aromatic rings. The summed E-state index contributed by atoms with van der Waals surface area (Å²) < 4.78 is 9.90. The first-order valence-electron chi connectivity index (χ1n) is 9.76. The lowest BCUT2D eigenvalue weighted by molar-refractivity contribution is -0.147. The second kappa shape index (κ2) is 12.7. The van der Waals surface area contributed by atoms with Crippen molar-refractivity contribution in [3.8, 4) is 0 Å². The molecular weight excluding hydrogens is 459 g/mol. The molecule has 0 aliphatic heterocycles. The Labute approximate surface area is 195 Å². The van der Waals surface area contributed by atoms with Gasteiger partial charge in [-0.2, -0.15) is 0 Å². The normalized spacial score (nSPS) is 10.2. The molecule has 2 aromatic carbocycles. The maximum atomic E-state index is 12.0. The first-order valence-corrected chi connectivity index (χ1v) is 10.5. The molecule has 0 bridgehead atoms. The van der Waals surface area contributed by atoms with E-state index >= 15 is 0 Å². The summed E-state index contributed by atoms with van der Waals surface area (Å²) in [6, 6.07) is 10.7. The molecule has 2 rings (SSSR count). The van der Waals surface area contributed by atoms with E-state index < -0.39 is 30.4 Å². The first kappa shape index (κ1) is 25.2. The van der Waals surface area contributed by atoms with Crippen molar-refractivity contribution < 1.29 is 28.7 Å². The summed E-state index contributed by atoms with van der Waals surface area (Å²) in [7, 11) is 0. The summed E-state index contributed by atoms with van der Waals surface area (Å²) in [4.78, 5) is 47.5. The van der Waals surface area contributed by atoms with E-state index in [1.807, 2.05) is 6.92 Å². The lowest BCUT2D eigenvalue weighted by Crippen LogP contribution is -2.22. The van der Waals surface area contributed by atoms with Gasteiger partial charge >= 0.3 is 11.9 Å². The van der Waals surface area contributed by atoms with E-state index in [0.29, 0.717) is 33.6 Å². The summed E-state index contributed by atoms with van der Waals surface area (Å²) in [5.41, 5.74) is 1.12. The van der Waals surface area contributed by atoms with Gasteiger partial charge in [-0.05, 0) is 48.9 Å². The lowest BCUT2D eigenvalue weighted by atomic mass is 10.2. The van der Waals surface area contributed by atoms with Crippen LogP contribution in [-0.2, 0) is 23.9 Å². The van der Waals surface area contributed by atoms with E-state index in [-0.39, 0.29) is 12.8 Å². The zero-order valence-corrected chi connectivity index (χ0v) is 18.8. The van der Waals surface area contributed by atoms with Crippen LogP contribution in [0.25, 0.3) is 0 Å². The highest BCUT2D eigenvalue weighted by molar-refractivity contribution is 6.35. The minimum atomic E-state index is -0.707. The average Bonchev–Trinajstić information content (AvgIpc) is 2.77. The van der Waals surface area contributed by atoms with Crippen molar-refractivity contribution in [2.45, 2.75) is 26.2 Å². The van der Waals surface area contributed by atoms with Gasteiger partial charge < -0.3 is 20.1 Å². The van der Waals surface area contributed by atoms with Crippen LogP contribution in [0.1, 0.15) is 36.5 Å². The van der Waals surface area contributed by atoms with Crippen LogP contribution in [-0.4, -0.2) is 37.0 Å². The average molecular weight is 481 g/mol. The number of hydrogen-bond donors (Lipinski definition) is 2. The van der Waals surface area contributed by atoms with Crippen molar-refractivity contribution in [3.05, 3.63) is 58.1 Å². The minimum absolute atomic E-state index is 0.154. The number of rotatable bonds is 10. The maximum Gasteiger partial charge on any atom is 0.338 e. The number of esters is 2. The van der Waals surface area contributed by atoms with E-state index in [0.717, 1.165) is 6.42 Å². The number of hydrogen-bond acceptors (Lipinski definition) is 6. The smallest absolute Gasteiger partial charge is 0.338 e. The van der Waals surface area contributed by atoms with Gasteiger partial charge in [0, 0.05) is 17.1 Å². The van der Waals surface area contributed by atoms with Crippen LogP contribution < -0.4 is 10.6 Å². The molecule has 2 amide bonds. The van der Waals surface area contributed by atoms with Gasteiger partial charge in [-0.15, -0.1) is 0 Å². The SMILES string of the molecule is CCCOC(=O)c1ccc(NC(=O)COC(=O)CCC(=O)Nc2cc(Cl)ccc2Cl)cc1. The van der Waals surface area contributed by atoms with Crippen molar-refractivity contribution in [1.82, 2.24) is 0 Å². The van der Waals surface area contributed by atoms with Gasteiger partial charge in [0.15, 0.2) is 6.61 Å². The number of benzene rings is 2. The zero-order valence-electron chi connectivity index (χ0n) is 17.3. The molecule has 10 heteroatoms. The van der Waals surface area contributed by atoms with Gasteiger partial charge in [-0.25, -0.2) is 4.79 Å². The Bertz CT molecular complexity index is 979. The van der Waals surface area contributed by atoms with Crippen molar-refractivity contribution >= 4 is 58.3 Å². The number of nitrogens with one attached hydrogen (secondary N) is 2. The molecule has 0 heterocycles. The van der Waals surface area contributed by atoms with Crippen LogP contribution in [0, 0.1) is 0 Å². The van der Waals surface area contributed by atoms with Crippen molar-refractivity contribution in [3.63, 3.8) is 0 Å². The van der Waals surface area contributed by atoms with E-state index in [9.17, 15) is 19.2 Å². The van der Waals surface area contributed by atoms with E-state index in [4.69, 9.17) is 32.7 Å². The van der Waals surface area contributed by atoms with Crippen LogP contribution in [0.3, 0.4) is 0 Å². The summed E-state index contributed by atoms with van der Waals surface area (Å²) in [6.45, 7) is 1.71. The van der Waals surface area contributed by atoms with Gasteiger partial charge in [-0.3, -0.25) is 14.4 Å².